The van der Waals surface area contributed by atoms with E-state index in [4.69, 9.17) is 9.47 Å². The van der Waals surface area contributed by atoms with E-state index in [1.54, 1.807) is 6.92 Å². The zero-order chi connectivity index (χ0) is 17.7. The Kier molecular flexibility index (Phi) is 5.80. The molecule has 0 saturated heterocycles. The van der Waals surface area contributed by atoms with Crippen LogP contribution < -0.4 is 10.2 Å². The van der Waals surface area contributed by atoms with Crippen LogP contribution in [0.3, 0.4) is 0 Å². The van der Waals surface area contributed by atoms with E-state index in [2.05, 4.69) is 4.98 Å². The van der Waals surface area contributed by atoms with Crippen LogP contribution in [0.15, 0.2) is 24.5 Å². The lowest BCUT2D eigenvalue weighted by atomic mass is 9.75. The van der Waals surface area contributed by atoms with Crippen LogP contribution in [0.2, 0.25) is 0 Å². The van der Waals surface area contributed by atoms with Crippen LogP contribution in [0, 0.1) is 0 Å². The number of carbonyl (C=O) groups excluding carboxylic acids is 3. The fourth-order valence-electron chi connectivity index (χ4n) is 2.59. The normalized spacial score (nSPS) is 13.9. The summed E-state index contributed by atoms with van der Waals surface area (Å²) in [5.74, 6) is -5.42. The summed E-state index contributed by atoms with van der Waals surface area (Å²) in [6.07, 6.45) is 2.51. The summed E-state index contributed by atoms with van der Waals surface area (Å²) in [5.41, 5.74) is -5.11. The number of aromatic nitrogens is 1. The Balaban J connectivity index is 3.78. The van der Waals surface area contributed by atoms with Crippen LogP contribution in [0.1, 0.15) is 32.8 Å². The second kappa shape index (κ2) is 7.19. The molecule has 0 spiro atoms. The van der Waals surface area contributed by atoms with Gasteiger partial charge in [-0.15, -0.1) is 0 Å². The maximum absolute atomic E-state index is 11.7. The van der Waals surface area contributed by atoms with Crippen LogP contribution in [-0.2, 0) is 29.5 Å². The number of nitrogens with zero attached hydrogens (tertiary/aromatic N) is 1. The molecule has 1 aromatic heterocycles. The maximum Gasteiger partial charge on any atom is 0.304 e. The molecule has 0 N–H and O–H groups in total. The molecule has 0 fully saturated rings. The lowest BCUT2D eigenvalue weighted by Gasteiger charge is -2.49. The second-order valence-corrected chi connectivity index (χ2v) is 4.71. The zero-order valence-corrected chi connectivity index (χ0v) is 13.0. The predicted octanol–water partition coefficient (Wildman–Crippen LogP) is -1.47. The van der Waals surface area contributed by atoms with Crippen molar-refractivity contribution in [1.82, 2.24) is 4.98 Å². The first-order chi connectivity index (χ1) is 10.8. The Bertz CT molecular complexity index is 573. The first-order valence-corrected chi connectivity index (χ1v) is 6.95. The molecule has 1 aromatic rings. The van der Waals surface area contributed by atoms with E-state index in [0.717, 1.165) is 6.92 Å². The van der Waals surface area contributed by atoms with E-state index in [9.17, 15) is 24.6 Å². The molecule has 126 valence electrons. The van der Waals surface area contributed by atoms with Gasteiger partial charge in [0.2, 0.25) is 5.60 Å². The number of esters is 1. The van der Waals surface area contributed by atoms with Gasteiger partial charge in [0.15, 0.2) is 0 Å². The number of ether oxygens (including phenoxy) is 2. The fraction of sp³-hybridized carbons (Fsp3) is 0.467. The van der Waals surface area contributed by atoms with Crippen molar-refractivity contribution in [2.75, 3.05) is 6.61 Å². The van der Waals surface area contributed by atoms with Crippen LogP contribution in [0.25, 0.3) is 0 Å². The first-order valence-electron chi connectivity index (χ1n) is 6.95. The highest BCUT2D eigenvalue weighted by atomic mass is 16.6. The van der Waals surface area contributed by atoms with Crippen molar-refractivity contribution >= 4 is 17.9 Å². The Morgan fingerprint density at radius 3 is 2.17 bits per heavy atom. The largest absolute Gasteiger partial charge is 0.545 e. The first kappa shape index (κ1) is 18.6. The van der Waals surface area contributed by atoms with Crippen LogP contribution in [0.5, 0.6) is 0 Å². The topological polar surface area (TPSA) is 129 Å². The summed E-state index contributed by atoms with van der Waals surface area (Å²) in [4.78, 5) is 38.7. The molecule has 0 amide bonds. The standard InChI is InChI=1S/C15H19NO7/c1-4-14(22-5-2,11-7-6-8-16-9-11)15(12(18)19,13(20)21)23-10(3)17/h6-9H,4-5H2,1-3H3,(H,18,19)(H,20,21)/p-2. The number of pyridine rings is 1. The Labute approximate surface area is 133 Å². The van der Waals surface area contributed by atoms with Gasteiger partial charge in [0, 0.05) is 31.5 Å². The molecule has 1 heterocycles. The van der Waals surface area contributed by atoms with E-state index in [1.165, 1.54) is 31.5 Å². The quantitative estimate of drug-likeness (QED) is 0.418. The molecule has 0 saturated carbocycles. The van der Waals surface area contributed by atoms with E-state index >= 15 is 0 Å². The van der Waals surface area contributed by atoms with Crippen LogP contribution in [-0.4, -0.2) is 35.1 Å². The lowest BCUT2D eigenvalue weighted by Crippen LogP contribution is -2.72. The van der Waals surface area contributed by atoms with Gasteiger partial charge in [-0.25, -0.2) is 0 Å². The summed E-state index contributed by atoms with van der Waals surface area (Å²) in [6.45, 7) is 3.87. The summed E-state index contributed by atoms with van der Waals surface area (Å²) < 4.78 is 10.2. The summed E-state index contributed by atoms with van der Waals surface area (Å²) >= 11 is 0. The minimum Gasteiger partial charge on any atom is -0.545 e. The third-order valence-electron chi connectivity index (χ3n) is 3.46. The number of aliphatic carboxylic acids is 2. The van der Waals surface area contributed by atoms with Crippen molar-refractivity contribution in [2.45, 2.75) is 38.4 Å². The molecule has 0 aliphatic carbocycles. The number of rotatable bonds is 8. The van der Waals surface area contributed by atoms with Gasteiger partial charge < -0.3 is 29.3 Å². The number of carbonyl (C=O) groups is 3. The Hall–Kier alpha value is -2.48. The monoisotopic (exact) mass is 323 g/mol. The number of hydrogen-bond donors (Lipinski definition) is 0. The molecule has 0 aliphatic rings. The van der Waals surface area contributed by atoms with E-state index in [1.807, 2.05) is 0 Å². The Morgan fingerprint density at radius 1 is 1.22 bits per heavy atom. The molecule has 1 rings (SSSR count). The molecule has 0 radical (unpaired) electrons. The number of hydrogen-bond acceptors (Lipinski definition) is 8. The van der Waals surface area contributed by atoms with Gasteiger partial charge in [-0.3, -0.25) is 9.78 Å². The minimum absolute atomic E-state index is 0.0493. The van der Waals surface area contributed by atoms with Gasteiger partial charge in [0.1, 0.15) is 5.60 Å². The van der Waals surface area contributed by atoms with Crippen molar-refractivity contribution in [3.63, 3.8) is 0 Å². The van der Waals surface area contributed by atoms with Crippen LogP contribution in [0.4, 0.5) is 0 Å². The molecule has 8 nitrogen and oxygen atoms in total. The Morgan fingerprint density at radius 2 is 1.83 bits per heavy atom. The average Bonchev–Trinajstić information content (AvgIpc) is 2.50. The number of carboxylic acid groups (broad SMARTS) is 2. The highest BCUT2D eigenvalue weighted by molar-refractivity contribution is 6.03. The van der Waals surface area contributed by atoms with Crippen molar-refractivity contribution in [2.24, 2.45) is 0 Å². The lowest BCUT2D eigenvalue weighted by molar-refractivity contribution is -0.368. The smallest absolute Gasteiger partial charge is 0.304 e. The molecular weight excluding hydrogens is 306 g/mol. The van der Waals surface area contributed by atoms with Gasteiger partial charge in [-0.05, 0) is 19.4 Å². The SMILES string of the molecule is CCOC(CC)(c1cccnc1)C(OC(C)=O)(C(=O)[O-])C(=O)[O-]. The summed E-state index contributed by atoms with van der Waals surface area (Å²) in [7, 11) is 0. The molecule has 8 heteroatoms. The second-order valence-electron chi connectivity index (χ2n) is 4.71. The third-order valence-corrected chi connectivity index (χ3v) is 3.46. The van der Waals surface area contributed by atoms with Crippen molar-refractivity contribution in [1.29, 1.82) is 0 Å². The predicted molar refractivity (Wildman–Crippen MR) is 72.3 cm³/mol. The van der Waals surface area contributed by atoms with Crippen molar-refractivity contribution in [3.8, 4) is 0 Å². The molecular formula is C15H17NO7-2. The zero-order valence-electron chi connectivity index (χ0n) is 13.0. The molecule has 23 heavy (non-hydrogen) atoms. The van der Waals surface area contributed by atoms with E-state index < -0.39 is 29.1 Å². The van der Waals surface area contributed by atoms with E-state index in [-0.39, 0.29) is 18.6 Å². The van der Waals surface area contributed by atoms with Crippen molar-refractivity contribution in [3.05, 3.63) is 30.1 Å². The van der Waals surface area contributed by atoms with E-state index in [0.29, 0.717) is 0 Å². The van der Waals surface area contributed by atoms with Gasteiger partial charge in [-0.2, -0.15) is 0 Å². The molecule has 1 unspecified atom stereocenters. The maximum atomic E-state index is 11.7. The molecule has 0 aromatic carbocycles. The fourth-order valence-corrected chi connectivity index (χ4v) is 2.59. The van der Waals surface area contributed by atoms with Gasteiger partial charge >= 0.3 is 5.97 Å². The minimum atomic E-state index is -3.16. The van der Waals surface area contributed by atoms with Crippen molar-refractivity contribution < 1.29 is 34.1 Å². The van der Waals surface area contributed by atoms with Gasteiger partial charge in [-0.1, -0.05) is 13.0 Å². The van der Waals surface area contributed by atoms with Gasteiger partial charge in [0.05, 0.1) is 11.9 Å². The molecule has 1 atom stereocenters. The summed E-state index contributed by atoms with van der Waals surface area (Å²) in [5, 5.41) is 23.5. The highest BCUT2D eigenvalue weighted by Crippen LogP contribution is 2.42. The highest BCUT2D eigenvalue weighted by Gasteiger charge is 2.58. The van der Waals surface area contributed by atoms with Crippen LogP contribution >= 0.6 is 0 Å². The third kappa shape index (κ3) is 3.02. The average molecular weight is 323 g/mol. The molecule has 0 aliphatic heterocycles. The van der Waals surface area contributed by atoms with Gasteiger partial charge in [0.25, 0.3) is 0 Å². The molecule has 0 bridgehead atoms. The summed E-state index contributed by atoms with van der Waals surface area (Å²) in [6, 6.07) is 2.90. The number of carboxylic acids is 2.